The minimum Gasteiger partial charge on any atom is -0.428 e. The zero-order valence-corrected chi connectivity index (χ0v) is 17.9. The first-order chi connectivity index (χ1) is 14.6. The van der Waals surface area contributed by atoms with E-state index >= 15 is 0 Å². The average molecular weight is 423 g/mol. The van der Waals surface area contributed by atoms with Crippen molar-refractivity contribution in [2.75, 3.05) is 0 Å². The molecule has 0 spiro atoms. The number of aromatic nitrogens is 2. The molecule has 0 unspecified atom stereocenters. The molecular weight excluding hydrogens is 398 g/mol. The summed E-state index contributed by atoms with van der Waals surface area (Å²) in [7, 11) is 0. The SMILES string of the molecule is Cc1ccc(-c2ccn(C[C@@H](OC(=O)Oc3ccc([N+](=O)[O-])cc3)C(C)(C)C)n2)cc1. The van der Waals surface area contributed by atoms with E-state index in [1.807, 2.05) is 64.2 Å². The van der Waals surface area contributed by atoms with Crippen LogP contribution in [0.3, 0.4) is 0 Å². The van der Waals surface area contributed by atoms with Gasteiger partial charge in [-0.15, -0.1) is 0 Å². The number of hydrogen-bond acceptors (Lipinski definition) is 6. The van der Waals surface area contributed by atoms with Crippen LogP contribution in [0.2, 0.25) is 0 Å². The first-order valence-corrected chi connectivity index (χ1v) is 9.85. The molecule has 162 valence electrons. The van der Waals surface area contributed by atoms with E-state index in [-0.39, 0.29) is 16.9 Å². The summed E-state index contributed by atoms with van der Waals surface area (Å²) in [5.74, 6) is 0.170. The highest BCUT2D eigenvalue weighted by Gasteiger charge is 2.30. The van der Waals surface area contributed by atoms with E-state index in [2.05, 4.69) is 5.10 Å². The van der Waals surface area contributed by atoms with Gasteiger partial charge in [0.15, 0.2) is 0 Å². The van der Waals surface area contributed by atoms with Crippen LogP contribution >= 0.6 is 0 Å². The van der Waals surface area contributed by atoms with E-state index in [0.717, 1.165) is 11.3 Å². The minimum absolute atomic E-state index is 0.0867. The smallest absolute Gasteiger partial charge is 0.428 e. The number of nitro groups is 1. The van der Waals surface area contributed by atoms with Crippen molar-refractivity contribution in [3.63, 3.8) is 0 Å². The molecule has 0 aliphatic rings. The molecule has 0 N–H and O–H groups in total. The summed E-state index contributed by atoms with van der Waals surface area (Å²) in [4.78, 5) is 22.5. The third-order valence-electron chi connectivity index (χ3n) is 4.79. The summed E-state index contributed by atoms with van der Waals surface area (Å²) in [6.07, 6.45) is 0.461. The quantitative estimate of drug-likeness (QED) is 0.228. The van der Waals surface area contributed by atoms with Crippen molar-refractivity contribution in [3.8, 4) is 17.0 Å². The second-order valence-electron chi connectivity index (χ2n) is 8.36. The predicted octanol–water partition coefficient (Wildman–Crippen LogP) is 5.40. The number of carbonyl (C=O) groups is 1. The molecule has 8 heteroatoms. The molecule has 0 radical (unpaired) electrons. The van der Waals surface area contributed by atoms with E-state index in [0.29, 0.717) is 6.54 Å². The Kier molecular flexibility index (Phi) is 6.39. The van der Waals surface area contributed by atoms with Crippen molar-refractivity contribution in [2.24, 2.45) is 5.41 Å². The van der Waals surface area contributed by atoms with Gasteiger partial charge in [0.1, 0.15) is 11.9 Å². The fourth-order valence-corrected chi connectivity index (χ4v) is 2.87. The summed E-state index contributed by atoms with van der Waals surface area (Å²) in [6, 6.07) is 15.2. The lowest BCUT2D eigenvalue weighted by Crippen LogP contribution is -2.36. The molecule has 0 saturated carbocycles. The van der Waals surface area contributed by atoms with Crippen molar-refractivity contribution in [1.82, 2.24) is 9.78 Å². The van der Waals surface area contributed by atoms with Gasteiger partial charge in [-0.25, -0.2) is 4.79 Å². The van der Waals surface area contributed by atoms with Gasteiger partial charge in [0, 0.05) is 29.3 Å². The number of non-ortho nitro benzene ring substituents is 1. The molecule has 0 aliphatic carbocycles. The van der Waals surface area contributed by atoms with E-state index < -0.39 is 17.2 Å². The maximum absolute atomic E-state index is 12.3. The number of nitro benzene ring substituents is 1. The number of hydrogen-bond donors (Lipinski definition) is 0. The number of carbonyl (C=O) groups excluding carboxylic acids is 1. The molecule has 0 bridgehead atoms. The Morgan fingerprint density at radius 3 is 2.32 bits per heavy atom. The molecule has 1 atom stereocenters. The van der Waals surface area contributed by atoms with Gasteiger partial charge in [-0.3, -0.25) is 14.8 Å². The van der Waals surface area contributed by atoms with Gasteiger partial charge in [-0.2, -0.15) is 5.10 Å². The fourth-order valence-electron chi connectivity index (χ4n) is 2.87. The Balaban J connectivity index is 1.67. The molecule has 1 heterocycles. The first-order valence-electron chi connectivity index (χ1n) is 9.85. The van der Waals surface area contributed by atoms with Gasteiger partial charge >= 0.3 is 6.16 Å². The van der Waals surface area contributed by atoms with Crippen LogP contribution in [0.4, 0.5) is 10.5 Å². The molecule has 0 saturated heterocycles. The van der Waals surface area contributed by atoms with Crippen LogP contribution < -0.4 is 4.74 Å². The lowest BCUT2D eigenvalue weighted by atomic mass is 9.89. The van der Waals surface area contributed by atoms with Crippen LogP contribution in [0, 0.1) is 22.5 Å². The molecule has 31 heavy (non-hydrogen) atoms. The number of aryl methyl sites for hydroxylation is 1. The zero-order chi connectivity index (χ0) is 22.6. The van der Waals surface area contributed by atoms with Crippen LogP contribution in [0.1, 0.15) is 26.3 Å². The Morgan fingerprint density at radius 1 is 1.10 bits per heavy atom. The minimum atomic E-state index is -0.875. The van der Waals surface area contributed by atoms with Crippen molar-refractivity contribution >= 4 is 11.8 Å². The largest absolute Gasteiger partial charge is 0.514 e. The average Bonchev–Trinajstić information content (AvgIpc) is 3.16. The van der Waals surface area contributed by atoms with Crippen molar-refractivity contribution in [1.29, 1.82) is 0 Å². The summed E-state index contributed by atoms with van der Waals surface area (Å²) in [6.45, 7) is 8.26. The maximum atomic E-state index is 12.3. The lowest BCUT2D eigenvalue weighted by Gasteiger charge is -2.29. The monoisotopic (exact) mass is 423 g/mol. The lowest BCUT2D eigenvalue weighted by molar-refractivity contribution is -0.384. The first kappa shape index (κ1) is 22.0. The van der Waals surface area contributed by atoms with Crippen LogP contribution in [-0.2, 0) is 11.3 Å². The number of ether oxygens (including phenoxy) is 2. The Hall–Kier alpha value is -3.68. The summed E-state index contributed by atoms with van der Waals surface area (Å²) in [5, 5.41) is 15.3. The van der Waals surface area contributed by atoms with Crippen molar-refractivity contribution in [2.45, 2.75) is 40.3 Å². The zero-order valence-electron chi connectivity index (χ0n) is 17.9. The normalized spacial score (nSPS) is 12.3. The van der Waals surface area contributed by atoms with Gasteiger partial charge in [0.2, 0.25) is 0 Å². The topological polar surface area (TPSA) is 96.5 Å². The van der Waals surface area contributed by atoms with Crippen LogP contribution in [0.25, 0.3) is 11.3 Å². The van der Waals surface area contributed by atoms with Crippen molar-refractivity contribution < 1.29 is 19.2 Å². The molecule has 0 amide bonds. The second kappa shape index (κ2) is 8.99. The Bertz CT molecular complexity index is 1050. The summed E-state index contributed by atoms with van der Waals surface area (Å²) < 4.78 is 12.5. The highest BCUT2D eigenvalue weighted by molar-refractivity contribution is 5.64. The number of benzene rings is 2. The molecule has 0 fully saturated rings. The maximum Gasteiger partial charge on any atom is 0.514 e. The van der Waals surface area contributed by atoms with E-state index in [1.165, 1.54) is 29.8 Å². The summed E-state index contributed by atoms with van der Waals surface area (Å²) in [5.41, 5.74) is 2.56. The third kappa shape index (κ3) is 5.91. The summed E-state index contributed by atoms with van der Waals surface area (Å²) >= 11 is 0. The third-order valence-corrected chi connectivity index (χ3v) is 4.79. The van der Waals surface area contributed by atoms with Gasteiger partial charge in [-0.05, 0) is 25.1 Å². The fraction of sp³-hybridized carbons (Fsp3) is 0.304. The van der Waals surface area contributed by atoms with Gasteiger partial charge in [0.25, 0.3) is 5.69 Å². The van der Waals surface area contributed by atoms with Crippen LogP contribution in [0.15, 0.2) is 60.8 Å². The highest BCUT2D eigenvalue weighted by Crippen LogP contribution is 2.26. The standard InChI is InChI=1S/C23H25N3O5/c1-16-5-7-17(8-6-16)20-13-14-25(24-20)15-21(23(2,3)4)31-22(27)30-19-11-9-18(10-12-19)26(28)29/h5-14,21H,15H2,1-4H3/t21-/m1/s1. The number of nitrogens with zero attached hydrogens (tertiary/aromatic N) is 3. The van der Waals surface area contributed by atoms with Gasteiger partial charge in [-0.1, -0.05) is 50.6 Å². The molecular formula is C23H25N3O5. The second-order valence-corrected chi connectivity index (χ2v) is 8.36. The highest BCUT2D eigenvalue weighted by atomic mass is 16.7. The molecule has 3 aromatic rings. The van der Waals surface area contributed by atoms with Gasteiger partial charge in [0.05, 0.1) is 17.2 Å². The van der Waals surface area contributed by atoms with E-state index in [1.54, 1.807) is 4.68 Å². The van der Waals surface area contributed by atoms with Crippen molar-refractivity contribution in [3.05, 3.63) is 76.5 Å². The number of rotatable bonds is 6. The van der Waals surface area contributed by atoms with Gasteiger partial charge < -0.3 is 9.47 Å². The molecule has 8 nitrogen and oxygen atoms in total. The van der Waals surface area contributed by atoms with E-state index in [9.17, 15) is 14.9 Å². The van der Waals surface area contributed by atoms with Crippen LogP contribution in [-0.4, -0.2) is 27.0 Å². The molecule has 2 aromatic carbocycles. The Labute approximate surface area is 180 Å². The van der Waals surface area contributed by atoms with E-state index in [4.69, 9.17) is 9.47 Å². The predicted molar refractivity (Wildman–Crippen MR) is 116 cm³/mol. The van der Waals surface area contributed by atoms with Crippen LogP contribution in [0.5, 0.6) is 5.75 Å². The molecule has 0 aliphatic heterocycles. The Morgan fingerprint density at radius 2 is 1.74 bits per heavy atom. The molecule has 1 aromatic heterocycles. The molecule has 3 rings (SSSR count).